The topological polar surface area (TPSA) is 28.1 Å². The van der Waals surface area contributed by atoms with Crippen molar-refractivity contribution in [3.8, 4) is 0 Å². The first-order valence-corrected chi connectivity index (χ1v) is 3.72. The minimum absolute atomic E-state index is 0.278. The van der Waals surface area contributed by atoms with Crippen LogP contribution in [-0.2, 0) is 0 Å². The summed E-state index contributed by atoms with van der Waals surface area (Å²) >= 11 is 0. The highest BCUT2D eigenvalue weighted by Gasteiger charge is 2.20. The van der Waals surface area contributed by atoms with Crippen LogP contribution in [0.15, 0.2) is 18.2 Å². The van der Waals surface area contributed by atoms with Crippen LogP contribution in [0.1, 0.15) is 5.56 Å². The van der Waals surface area contributed by atoms with Crippen LogP contribution in [0.3, 0.4) is 0 Å². The summed E-state index contributed by atoms with van der Waals surface area (Å²) in [4.78, 5) is 2.89. The normalized spacial score (nSPS) is 9.93. The molecule has 0 heterocycles. The largest absolute Gasteiger partial charge is 0.673 e. The number of aryl methyl sites for hydroxylation is 1. The fourth-order valence-corrected chi connectivity index (χ4v) is 0.690. The van der Waals surface area contributed by atoms with E-state index in [4.69, 9.17) is 5.39 Å². The number of diazo groups is 1. The molecule has 0 N–H and O–H groups in total. The number of halogens is 5. The summed E-state index contributed by atoms with van der Waals surface area (Å²) in [6.07, 6.45) is 0. The molecule has 0 radical (unpaired) electrons. The summed E-state index contributed by atoms with van der Waals surface area (Å²) in [7, 11) is -6.00. The Morgan fingerprint density at radius 2 is 1.67 bits per heavy atom. The fraction of sp³-hybridized carbons (Fsp3) is 0.143. The molecule has 1 aromatic rings. The third-order valence-corrected chi connectivity index (χ3v) is 1.28. The van der Waals surface area contributed by atoms with Crippen molar-refractivity contribution in [2.75, 3.05) is 0 Å². The van der Waals surface area contributed by atoms with E-state index in [1.807, 2.05) is 0 Å². The quantitative estimate of drug-likeness (QED) is 0.372. The van der Waals surface area contributed by atoms with Crippen LogP contribution in [0, 0.1) is 18.1 Å². The maximum Gasteiger partial charge on any atom is 0.673 e. The van der Waals surface area contributed by atoms with Crippen LogP contribution >= 0.6 is 0 Å². The lowest BCUT2D eigenvalue weighted by Crippen LogP contribution is -2.02. The zero-order chi connectivity index (χ0) is 12.1. The Kier molecular flexibility index (Phi) is 4.71. The van der Waals surface area contributed by atoms with Crippen molar-refractivity contribution in [1.82, 2.24) is 0 Å². The molecule has 0 spiro atoms. The van der Waals surface area contributed by atoms with E-state index in [0.29, 0.717) is 0 Å². The Bertz CT molecular complexity index is 365. The standard InChI is InChI=1S/C7H6FN2.BF4/c1-5-2-3-6(8)4-7(5)10-9;2-1(3,4)5/h2-4H,1H3;/q+1;-1. The fourth-order valence-electron chi connectivity index (χ4n) is 0.690. The van der Waals surface area contributed by atoms with Crippen molar-refractivity contribution in [1.29, 1.82) is 5.39 Å². The van der Waals surface area contributed by atoms with Gasteiger partial charge in [-0.2, -0.15) is 0 Å². The Morgan fingerprint density at radius 3 is 2.00 bits per heavy atom. The van der Waals surface area contributed by atoms with E-state index in [1.54, 1.807) is 13.0 Å². The zero-order valence-electron chi connectivity index (χ0n) is 7.59. The van der Waals surface area contributed by atoms with Crippen molar-refractivity contribution in [3.05, 3.63) is 34.6 Å². The van der Waals surface area contributed by atoms with Crippen molar-refractivity contribution >= 4 is 12.9 Å². The van der Waals surface area contributed by atoms with Gasteiger partial charge in [-0.05, 0) is 19.1 Å². The van der Waals surface area contributed by atoms with Crippen LogP contribution in [0.2, 0.25) is 0 Å². The number of hydrogen-bond acceptors (Lipinski definition) is 1. The van der Waals surface area contributed by atoms with Gasteiger partial charge >= 0.3 is 12.9 Å². The first-order chi connectivity index (χ1) is 6.74. The predicted molar refractivity (Wildman–Crippen MR) is 46.1 cm³/mol. The molecule has 0 aliphatic heterocycles. The second-order valence-corrected chi connectivity index (χ2v) is 2.53. The second-order valence-electron chi connectivity index (χ2n) is 2.53. The molecule has 0 fully saturated rings. The molecular formula is C7H6BF5N2. The molecule has 0 bridgehead atoms. The van der Waals surface area contributed by atoms with Crippen LogP contribution in [0.25, 0.3) is 4.98 Å². The molecule has 82 valence electrons. The summed E-state index contributed by atoms with van der Waals surface area (Å²) in [5.74, 6) is -0.390. The van der Waals surface area contributed by atoms with Crippen LogP contribution in [-0.4, -0.2) is 7.25 Å². The molecule has 0 saturated carbocycles. The molecule has 8 heteroatoms. The maximum atomic E-state index is 12.4. The van der Waals surface area contributed by atoms with Crippen molar-refractivity contribution < 1.29 is 21.7 Å². The first-order valence-electron chi connectivity index (χ1n) is 3.72. The minimum atomic E-state index is -6.00. The highest BCUT2D eigenvalue weighted by atomic mass is 19.5. The molecule has 0 unspecified atom stereocenters. The van der Waals surface area contributed by atoms with Gasteiger partial charge in [0.05, 0.1) is 6.07 Å². The minimum Gasteiger partial charge on any atom is -0.418 e. The summed E-state index contributed by atoms with van der Waals surface area (Å²) in [5, 5.41) is 8.30. The molecule has 0 aromatic heterocycles. The molecule has 0 amide bonds. The van der Waals surface area contributed by atoms with Gasteiger partial charge in [-0.3, -0.25) is 0 Å². The Hall–Kier alpha value is -1.65. The summed E-state index contributed by atoms with van der Waals surface area (Å²) in [6.45, 7) is 1.74. The average Bonchev–Trinajstić information content (AvgIpc) is 2.06. The molecule has 0 aliphatic carbocycles. The second kappa shape index (κ2) is 5.29. The Morgan fingerprint density at radius 1 is 1.20 bits per heavy atom. The van der Waals surface area contributed by atoms with E-state index in [2.05, 4.69) is 4.98 Å². The smallest absolute Gasteiger partial charge is 0.418 e. The number of hydrogen-bond donors (Lipinski definition) is 0. The van der Waals surface area contributed by atoms with Gasteiger partial charge < -0.3 is 17.3 Å². The monoisotopic (exact) mass is 224 g/mol. The summed E-state index contributed by atoms with van der Waals surface area (Å²) in [5.41, 5.74) is 1.03. The molecule has 0 atom stereocenters. The van der Waals surface area contributed by atoms with Gasteiger partial charge in [-0.25, -0.2) is 4.39 Å². The van der Waals surface area contributed by atoms with Crippen LogP contribution in [0.4, 0.5) is 27.3 Å². The third kappa shape index (κ3) is 7.43. The van der Waals surface area contributed by atoms with E-state index < -0.39 is 13.1 Å². The molecule has 1 rings (SSSR count). The number of rotatable bonds is 0. The highest BCUT2D eigenvalue weighted by molar-refractivity contribution is 6.50. The molecule has 0 saturated heterocycles. The van der Waals surface area contributed by atoms with E-state index in [9.17, 15) is 21.7 Å². The highest BCUT2D eigenvalue weighted by Crippen LogP contribution is 2.18. The van der Waals surface area contributed by atoms with Crippen molar-refractivity contribution in [2.45, 2.75) is 6.92 Å². The lowest BCUT2D eigenvalue weighted by atomic mass is 10.2. The molecule has 1 aromatic carbocycles. The van der Waals surface area contributed by atoms with E-state index in [1.165, 1.54) is 12.1 Å². The third-order valence-electron chi connectivity index (χ3n) is 1.28. The predicted octanol–water partition coefficient (Wildman–Crippen LogP) is 3.92. The van der Waals surface area contributed by atoms with E-state index in [0.717, 1.165) is 5.56 Å². The Balaban J connectivity index is 0.000000336. The van der Waals surface area contributed by atoms with Gasteiger partial charge in [-0.1, -0.05) is 0 Å². The van der Waals surface area contributed by atoms with Gasteiger partial charge in [-0.15, -0.1) is 0 Å². The van der Waals surface area contributed by atoms with Gasteiger partial charge in [0.25, 0.3) is 0 Å². The van der Waals surface area contributed by atoms with Crippen LogP contribution in [0.5, 0.6) is 0 Å². The molecule has 15 heavy (non-hydrogen) atoms. The van der Waals surface area contributed by atoms with E-state index in [-0.39, 0.29) is 5.69 Å². The number of benzene rings is 1. The van der Waals surface area contributed by atoms with E-state index >= 15 is 0 Å². The van der Waals surface area contributed by atoms with Crippen molar-refractivity contribution in [3.63, 3.8) is 0 Å². The van der Waals surface area contributed by atoms with Crippen LogP contribution < -0.4 is 0 Å². The Labute approximate surface area is 82.4 Å². The molecule has 2 nitrogen and oxygen atoms in total. The van der Waals surface area contributed by atoms with Gasteiger partial charge in [0.15, 0.2) is 4.98 Å². The van der Waals surface area contributed by atoms with Crippen molar-refractivity contribution in [2.24, 2.45) is 0 Å². The SMILES string of the molecule is Cc1ccc(F)cc1[N+]#N.F[B-](F)(F)F. The molecular weight excluding hydrogens is 218 g/mol. The zero-order valence-corrected chi connectivity index (χ0v) is 7.59. The van der Waals surface area contributed by atoms with Gasteiger partial charge in [0, 0.05) is 5.56 Å². The lowest BCUT2D eigenvalue weighted by Gasteiger charge is -1.94. The molecule has 0 aliphatic rings. The van der Waals surface area contributed by atoms with Gasteiger partial charge in [0.2, 0.25) is 5.39 Å². The summed E-state index contributed by atoms with van der Waals surface area (Å²) in [6, 6.07) is 4.06. The van der Waals surface area contributed by atoms with Gasteiger partial charge in [0.1, 0.15) is 5.82 Å². The first kappa shape index (κ1) is 13.4. The lowest BCUT2D eigenvalue weighted by molar-refractivity contribution is 0.368. The maximum absolute atomic E-state index is 12.4. The average molecular weight is 224 g/mol. The number of nitrogens with zero attached hydrogens (tertiary/aromatic N) is 2. The summed E-state index contributed by atoms with van der Waals surface area (Å²) < 4.78 is 51.4.